The van der Waals surface area contributed by atoms with E-state index in [-0.39, 0.29) is 18.6 Å². The van der Waals surface area contributed by atoms with E-state index >= 15 is 0 Å². The van der Waals surface area contributed by atoms with Crippen molar-refractivity contribution >= 4 is 35.2 Å². The van der Waals surface area contributed by atoms with E-state index in [9.17, 15) is 19.8 Å². The highest BCUT2D eigenvalue weighted by Gasteiger charge is 2.80. The van der Waals surface area contributed by atoms with Gasteiger partial charge in [-0.05, 0) is 40.0 Å². The second-order valence-electron chi connectivity index (χ2n) is 8.65. The molecule has 0 aromatic heterocycles. The molecule has 1 saturated carbocycles. The molecule has 176 valence electrons. The monoisotopic (exact) mass is 475 g/mol. The molecular formula is C22H34ClNO6S. The van der Waals surface area contributed by atoms with Crippen LogP contribution in [0.3, 0.4) is 0 Å². The Kier molecular flexibility index (Phi) is 8.81. The molecular weight excluding hydrogens is 442 g/mol. The third-order valence-corrected chi connectivity index (χ3v) is 7.79. The van der Waals surface area contributed by atoms with Crippen molar-refractivity contribution in [1.82, 2.24) is 5.32 Å². The molecule has 9 heteroatoms. The van der Waals surface area contributed by atoms with Gasteiger partial charge in [-0.15, -0.1) is 18.2 Å². The Labute approximate surface area is 193 Å². The van der Waals surface area contributed by atoms with Gasteiger partial charge >= 0.3 is 0 Å². The van der Waals surface area contributed by atoms with E-state index in [1.807, 2.05) is 19.9 Å². The molecule has 1 heterocycles. The van der Waals surface area contributed by atoms with Crippen molar-refractivity contribution < 1.29 is 29.3 Å². The van der Waals surface area contributed by atoms with E-state index in [1.165, 1.54) is 18.9 Å². The lowest BCUT2D eigenvalue weighted by atomic mass is 9.53. The fourth-order valence-electron chi connectivity index (χ4n) is 4.91. The number of imide groups is 1. The fourth-order valence-corrected chi connectivity index (χ4v) is 5.97. The van der Waals surface area contributed by atoms with E-state index < -0.39 is 52.6 Å². The van der Waals surface area contributed by atoms with Crippen molar-refractivity contribution in [2.45, 2.75) is 69.5 Å². The molecule has 6 unspecified atom stereocenters. The highest BCUT2D eigenvalue weighted by Crippen LogP contribution is 2.63. The molecule has 6 atom stereocenters. The molecule has 3 N–H and O–H groups in total. The summed E-state index contributed by atoms with van der Waals surface area (Å²) in [5.74, 6) is -1.09. The number of carbonyl (C=O) groups is 2. The lowest BCUT2D eigenvalue weighted by Gasteiger charge is -2.56. The van der Waals surface area contributed by atoms with Crippen molar-refractivity contribution in [2.75, 3.05) is 24.5 Å². The smallest absolute Gasteiger partial charge is 0.241 e. The maximum Gasteiger partial charge on any atom is 0.241 e. The summed E-state index contributed by atoms with van der Waals surface area (Å²) in [5.41, 5.74) is -3.41. The number of rotatable bonds is 10. The summed E-state index contributed by atoms with van der Waals surface area (Å²) >= 11 is 7.05. The third-order valence-electron chi connectivity index (χ3n) is 6.39. The van der Waals surface area contributed by atoms with Gasteiger partial charge in [-0.1, -0.05) is 17.7 Å². The zero-order valence-corrected chi connectivity index (χ0v) is 20.2. The number of nitrogens with one attached hydrogen (secondary N) is 1. The highest BCUT2D eigenvalue weighted by molar-refractivity contribution is 7.99. The fraction of sp³-hybridized carbons (Fsp3) is 0.727. The van der Waals surface area contributed by atoms with E-state index in [0.29, 0.717) is 12.2 Å². The second-order valence-corrected chi connectivity index (χ2v) is 9.94. The lowest BCUT2D eigenvalue weighted by molar-refractivity contribution is -0.227. The normalized spacial score (nSPS) is 37.1. The van der Waals surface area contributed by atoms with Crippen molar-refractivity contribution in [3.05, 3.63) is 24.3 Å². The molecule has 0 aromatic carbocycles. The van der Waals surface area contributed by atoms with Crippen LogP contribution in [0, 0.1) is 5.41 Å². The number of alkyl halides is 1. The number of aliphatic hydroxyl groups is 2. The van der Waals surface area contributed by atoms with Gasteiger partial charge in [0.1, 0.15) is 23.0 Å². The van der Waals surface area contributed by atoms with Gasteiger partial charge in [0.15, 0.2) is 0 Å². The first-order chi connectivity index (χ1) is 14.5. The van der Waals surface area contributed by atoms with Gasteiger partial charge in [0, 0.05) is 18.6 Å². The van der Waals surface area contributed by atoms with Crippen molar-refractivity contribution in [3.63, 3.8) is 0 Å². The number of aliphatic hydroxyl groups excluding tert-OH is 1. The van der Waals surface area contributed by atoms with Gasteiger partial charge in [0.2, 0.25) is 11.8 Å². The van der Waals surface area contributed by atoms with Crippen LogP contribution in [0.5, 0.6) is 0 Å². The zero-order valence-electron chi connectivity index (χ0n) is 18.7. The number of ether oxygens (including phenoxy) is 2. The number of epoxide rings is 1. The SMILES string of the molecule is C=CCSCC1(O)CCC(O)C(OC)C1(C(=O)NC(=O)CCl)C1(C)OC1CC=C(C)C. The van der Waals surface area contributed by atoms with Crippen molar-refractivity contribution in [1.29, 1.82) is 0 Å². The summed E-state index contributed by atoms with van der Waals surface area (Å²) in [4.78, 5) is 25.8. The number of thioether (sulfide) groups is 1. The first-order valence-electron chi connectivity index (χ1n) is 10.4. The predicted molar refractivity (Wildman–Crippen MR) is 122 cm³/mol. The number of amides is 2. The molecule has 2 fully saturated rings. The van der Waals surface area contributed by atoms with Crippen LogP contribution in [-0.2, 0) is 19.1 Å². The molecule has 0 radical (unpaired) electrons. The third kappa shape index (κ3) is 4.75. The van der Waals surface area contributed by atoms with Gasteiger partial charge in [0.25, 0.3) is 0 Å². The molecule has 0 spiro atoms. The summed E-state index contributed by atoms with van der Waals surface area (Å²) in [5, 5.41) is 25.2. The molecule has 31 heavy (non-hydrogen) atoms. The second kappa shape index (κ2) is 10.4. The van der Waals surface area contributed by atoms with Crippen LogP contribution in [0.1, 0.15) is 40.0 Å². The highest BCUT2D eigenvalue weighted by atomic mass is 35.5. The average molecular weight is 476 g/mol. The molecule has 0 aromatic rings. The molecule has 2 aliphatic rings. The average Bonchev–Trinajstić information content (AvgIpc) is 3.39. The van der Waals surface area contributed by atoms with E-state index in [0.717, 1.165) is 5.57 Å². The van der Waals surface area contributed by atoms with Crippen LogP contribution in [-0.4, -0.2) is 76.0 Å². The van der Waals surface area contributed by atoms with Gasteiger partial charge in [0.05, 0.1) is 17.8 Å². The van der Waals surface area contributed by atoms with Crippen LogP contribution in [0.15, 0.2) is 24.3 Å². The summed E-state index contributed by atoms with van der Waals surface area (Å²) in [6.07, 6.45) is 2.14. The number of methoxy groups -OCH3 is 1. The molecule has 7 nitrogen and oxygen atoms in total. The van der Waals surface area contributed by atoms with Crippen LogP contribution >= 0.6 is 23.4 Å². The largest absolute Gasteiger partial charge is 0.390 e. The summed E-state index contributed by atoms with van der Waals surface area (Å²) < 4.78 is 11.7. The van der Waals surface area contributed by atoms with E-state index in [2.05, 4.69) is 11.9 Å². The first-order valence-corrected chi connectivity index (χ1v) is 12.1. The van der Waals surface area contributed by atoms with Crippen molar-refractivity contribution in [2.24, 2.45) is 5.41 Å². The summed E-state index contributed by atoms with van der Waals surface area (Å²) in [6.45, 7) is 9.38. The van der Waals surface area contributed by atoms with Crippen LogP contribution in [0.4, 0.5) is 0 Å². The number of hydrogen-bond donors (Lipinski definition) is 3. The Morgan fingerprint density at radius 2 is 2.10 bits per heavy atom. The molecule has 1 aliphatic heterocycles. The van der Waals surface area contributed by atoms with Gasteiger partial charge in [-0.2, -0.15) is 11.8 Å². The van der Waals surface area contributed by atoms with Gasteiger partial charge in [-0.3, -0.25) is 14.9 Å². The maximum atomic E-state index is 13.8. The Morgan fingerprint density at radius 3 is 2.65 bits per heavy atom. The minimum Gasteiger partial charge on any atom is -0.390 e. The number of allylic oxidation sites excluding steroid dienone is 1. The topological polar surface area (TPSA) is 108 Å². The summed E-state index contributed by atoms with van der Waals surface area (Å²) in [7, 11) is 1.39. The predicted octanol–water partition coefficient (Wildman–Crippen LogP) is 2.19. The first kappa shape index (κ1) is 26.4. The minimum absolute atomic E-state index is 0.148. The molecule has 2 rings (SSSR count). The van der Waals surface area contributed by atoms with Crippen LogP contribution in [0.2, 0.25) is 0 Å². The maximum absolute atomic E-state index is 13.8. The Hall–Kier alpha value is -0.900. The van der Waals surface area contributed by atoms with Gasteiger partial charge in [-0.25, -0.2) is 0 Å². The Balaban J connectivity index is 2.63. The zero-order chi connectivity index (χ0) is 23.4. The van der Waals surface area contributed by atoms with Gasteiger partial charge < -0.3 is 19.7 Å². The molecule has 2 amide bonds. The van der Waals surface area contributed by atoms with E-state index in [4.69, 9.17) is 21.1 Å². The lowest BCUT2D eigenvalue weighted by Crippen LogP contribution is -2.75. The Morgan fingerprint density at radius 1 is 1.42 bits per heavy atom. The number of hydrogen-bond acceptors (Lipinski definition) is 7. The van der Waals surface area contributed by atoms with E-state index in [1.54, 1.807) is 13.0 Å². The molecule has 0 bridgehead atoms. The van der Waals surface area contributed by atoms with Crippen LogP contribution in [0.25, 0.3) is 0 Å². The number of halogens is 1. The van der Waals surface area contributed by atoms with Crippen molar-refractivity contribution in [3.8, 4) is 0 Å². The molecule has 1 aliphatic carbocycles. The quantitative estimate of drug-likeness (QED) is 0.192. The Bertz CT molecular complexity index is 729. The minimum atomic E-state index is -1.73. The standard InChI is InChI=1S/C22H34ClNO6S/c1-6-11-31-13-21(28)10-9-15(25)18(29-5)22(21,19(27)24-17(26)12-23)20(4)16(30-20)8-7-14(2)3/h6-7,15-16,18,25,28H,1,8-13H2,2-5H3,(H,24,26,27). The summed E-state index contributed by atoms with van der Waals surface area (Å²) in [6, 6.07) is 0. The molecule has 1 saturated heterocycles. The number of carbonyl (C=O) groups excluding carboxylic acids is 2. The van der Waals surface area contributed by atoms with Crippen LogP contribution < -0.4 is 5.32 Å².